The summed E-state index contributed by atoms with van der Waals surface area (Å²) in [4.78, 5) is 134. The molecule has 0 spiro atoms. The molecule has 3 aromatic carbocycles. The second-order valence-corrected chi connectivity index (χ2v) is 18.5. The molecule has 0 unspecified atom stereocenters. The molecule has 1 heterocycles. The van der Waals surface area contributed by atoms with Crippen molar-refractivity contribution in [2.75, 3.05) is 19.7 Å². The molecule has 23 nitrogen and oxygen atoms in total. The van der Waals surface area contributed by atoms with Gasteiger partial charge in [-0.3, -0.25) is 43.2 Å². The molecule has 4 rings (SSSR count). The number of carbonyl (C=O) groups is 10. The lowest BCUT2D eigenvalue weighted by atomic mass is 10.0. The number of carboxylic acid groups (broad SMARTS) is 1. The van der Waals surface area contributed by atoms with Crippen molar-refractivity contribution >= 4 is 59.1 Å². The number of aromatic hydroxyl groups is 1. The minimum absolute atomic E-state index is 0.0360. The SMILES string of the molecule is CC(C)C[C@H](NC(=O)[C@H](CCC(N)=O)NC(=O)CNC(=O)[C@@H]1CCCN1C(=O)[C@H](Cc1ccccc1)NC(=O)[C@@H](N)Cc1ccc(O)cc1)C(=O)N[C@@H](C)C(=O)N[C@@H](Cc1ccccc1)C(=O)N[C@@H](CO)C(=O)O. The van der Waals surface area contributed by atoms with Crippen LogP contribution in [0.2, 0.25) is 0 Å². The Balaban J connectivity index is 1.40. The fourth-order valence-electron chi connectivity index (χ4n) is 8.06. The zero-order chi connectivity index (χ0) is 54.5. The van der Waals surface area contributed by atoms with Crippen LogP contribution in [-0.4, -0.2) is 147 Å². The Bertz CT molecular complexity index is 2430. The Labute approximate surface area is 428 Å². The summed E-state index contributed by atoms with van der Waals surface area (Å²) in [7, 11) is 0. The Morgan fingerprint density at radius 2 is 1.16 bits per heavy atom. The first-order valence-electron chi connectivity index (χ1n) is 24.3. The molecular weight excluding hydrogens is 961 g/mol. The third-order valence-electron chi connectivity index (χ3n) is 12.0. The van der Waals surface area contributed by atoms with E-state index in [0.29, 0.717) is 17.5 Å². The molecule has 0 aliphatic carbocycles. The van der Waals surface area contributed by atoms with E-state index in [0.717, 1.165) is 5.56 Å². The molecule has 14 N–H and O–H groups in total. The number of aliphatic carboxylic acids is 1. The molecule has 8 atom stereocenters. The van der Waals surface area contributed by atoms with Crippen LogP contribution >= 0.6 is 0 Å². The van der Waals surface area contributed by atoms with Crippen LogP contribution in [0.15, 0.2) is 84.9 Å². The van der Waals surface area contributed by atoms with E-state index in [9.17, 15) is 63.3 Å². The van der Waals surface area contributed by atoms with Crippen LogP contribution in [0.5, 0.6) is 5.75 Å². The van der Waals surface area contributed by atoms with Gasteiger partial charge in [-0.05, 0) is 73.8 Å². The van der Waals surface area contributed by atoms with Crippen molar-refractivity contribution in [2.24, 2.45) is 17.4 Å². The van der Waals surface area contributed by atoms with Crippen molar-refractivity contribution in [3.05, 3.63) is 102 Å². The number of nitrogens with two attached hydrogens (primary N) is 2. The summed E-state index contributed by atoms with van der Waals surface area (Å²) in [5, 5.41) is 46.0. The molecule has 0 bridgehead atoms. The molecule has 0 radical (unpaired) electrons. The van der Waals surface area contributed by atoms with Crippen LogP contribution in [0.3, 0.4) is 0 Å². The fraction of sp³-hybridized carbons (Fsp3) is 0.451. The highest BCUT2D eigenvalue weighted by molar-refractivity contribution is 5.98. The van der Waals surface area contributed by atoms with Crippen molar-refractivity contribution in [1.82, 2.24) is 42.1 Å². The maximum Gasteiger partial charge on any atom is 0.328 e. The molecule has 74 heavy (non-hydrogen) atoms. The number of phenols is 1. The largest absolute Gasteiger partial charge is 0.508 e. The van der Waals surface area contributed by atoms with E-state index in [1.807, 2.05) is 0 Å². The number of amides is 9. The summed E-state index contributed by atoms with van der Waals surface area (Å²) in [6.07, 6.45) is 0.131. The van der Waals surface area contributed by atoms with E-state index >= 15 is 0 Å². The van der Waals surface area contributed by atoms with Gasteiger partial charge in [0, 0.05) is 25.8 Å². The number of aliphatic hydroxyl groups is 1. The number of benzene rings is 3. The van der Waals surface area contributed by atoms with Gasteiger partial charge in [-0.15, -0.1) is 0 Å². The quantitative estimate of drug-likeness (QED) is 0.0381. The number of hydrogen-bond donors (Lipinski definition) is 12. The number of rotatable bonds is 28. The molecule has 9 amide bonds. The molecule has 1 aliphatic heterocycles. The topological polar surface area (TPSA) is 371 Å². The van der Waals surface area contributed by atoms with Crippen molar-refractivity contribution in [3.63, 3.8) is 0 Å². The van der Waals surface area contributed by atoms with E-state index < -0.39 is 121 Å². The van der Waals surface area contributed by atoms with E-state index in [1.54, 1.807) is 86.6 Å². The van der Waals surface area contributed by atoms with Crippen LogP contribution in [0, 0.1) is 5.92 Å². The van der Waals surface area contributed by atoms with Gasteiger partial charge >= 0.3 is 5.97 Å². The van der Waals surface area contributed by atoms with Crippen LogP contribution in [-0.2, 0) is 67.2 Å². The molecular formula is C51H68N10O13. The third kappa shape index (κ3) is 18.9. The Kier molecular flexibility index (Phi) is 22.9. The van der Waals surface area contributed by atoms with Crippen LogP contribution in [0.25, 0.3) is 0 Å². The van der Waals surface area contributed by atoms with Crippen LogP contribution in [0.1, 0.15) is 69.6 Å². The van der Waals surface area contributed by atoms with Gasteiger partial charge in [-0.25, -0.2) is 4.79 Å². The monoisotopic (exact) mass is 1030 g/mol. The first-order valence-corrected chi connectivity index (χ1v) is 24.3. The van der Waals surface area contributed by atoms with Gasteiger partial charge in [0.25, 0.3) is 0 Å². The van der Waals surface area contributed by atoms with Gasteiger partial charge < -0.3 is 68.9 Å². The summed E-state index contributed by atoms with van der Waals surface area (Å²) >= 11 is 0. The molecule has 0 saturated carbocycles. The number of carbonyl (C=O) groups excluding carboxylic acids is 9. The first-order chi connectivity index (χ1) is 35.1. The molecule has 1 fully saturated rings. The minimum Gasteiger partial charge on any atom is -0.508 e. The fourth-order valence-corrected chi connectivity index (χ4v) is 8.06. The number of nitrogens with one attached hydrogen (secondary N) is 7. The highest BCUT2D eigenvalue weighted by Gasteiger charge is 2.39. The molecule has 1 saturated heterocycles. The second-order valence-electron chi connectivity index (χ2n) is 18.5. The zero-order valence-electron chi connectivity index (χ0n) is 41.6. The summed E-state index contributed by atoms with van der Waals surface area (Å²) in [6.45, 7) is 3.42. The number of carboxylic acids is 1. The molecule has 3 aromatic rings. The van der Waals surface area contributed by atoms with Crippen molar-refractivity contribution < 1.29 is 63.3 Å². The van der Waals surface area contributed by atoms with Gasteiger partial charge in [0.2, 0.25) is 53.2 Å². The van der Waals surface area contributed by atoms with E-state index in [-0.39, 0.29) is 63.2 Å². The number of hydrogen-bond acceptors (Lipinski definition) is 13. The minimum atomic E-state index is -1.66. The summed E-state index contributed by atoms with van der Waals surface area (Å²) in [6, 6.07) is 13.3. The molecule has 400 valence electrons. The third-order valence-corrected chi connectivity index (χ3v) is 12.0. The number of phenolic OH excluding ortho intramolecular Hbond substituents is 1. The highest BCUT2D eigenvalue weighted by Crippen LogP contribution is 2.20. The summed E-state index contributed by atoms with van der Waals surface area (Å²) in [5.41, 5.74) is 13.6. The number of aliphatic hydroxyl groups excluding tert-OH is 1. The van der Waals surface area contributed by atoms with Gasteiger partial charge in [-0.1, -0.05) is 86.6 Å². The normalized spacial score (nSPS) is 15.9. The Morgan fingerprint density at radius 1 is 0.635 bits per heavy atom. The van der Waals surface area contributed by atoms with Crippen molar-refractivity contribution in [2.45, 2.75) is 120 Å². The Hall–Kier alpha value is -7.92. The number of likely N-dealkylation sites (tertiary alicyclic amines) is 1. The Morgan fingerprint density at radius 3 is 1.73 bits per heavy atom. The van der Waals surface area contributed by atoms with E-state index in [1.165, 1.54) is 24.0 Å². The number of primary amides is 1. The second kappa shape index (κ2) is 28.9. The van der Waals surface area contributed by atoms with Crippen molar-refractivity contribution in [3.8, 4) is 5.75 Å². The van der Waals surface area contributed by atoms with Gasteiger partial charge in [-0.2, -0.15) is 0 Å². The molecule has 1 aliphatic rings. The zero-order valence-corrected chi connectivity index (χ0v) is 41.6. The average molecular weight is 1030 g/mol. The van der Waals surface area contributed by atoms with Gasteiger partial charge in [0.1, 0.15) is 48.0 Å². The number of nitrogens with zero attached hydrogens (tertiary/aromatic N) is 1. The average Bonchev–Trinajstić information content (AvgIpc) is 3.86. The van der Waals surface area contributed by atoms with E-state index in [2.05, 4.69) is 37.2 Å². The lowest BCUT2D eigenvalue weighted by Gasteiger charge is -2.29. The predicted octanol–water partition coefficient (Wildman–Crippen LogP) is -1.83. The first kappa shape index (κ1) is 58.6. The highest BCUT2D eigenvalue weighted by atomic mass is 16.4. The van der Waals surface area contributed by atoms with Gasteiger partial charge in [0.05, 0.1) is 19.2 Å². The van der Waals surface area contributed by atoms with Gasteiger partial charge in [0.15, 0.2) is 0 Å². The lowest BCUT2D eigenvalue weighted by Crippen LogP contribution is -2.59. The van der Waals surface area contributed by atoms with Crippen molar-refractivity contribution in [1.29, 1.82) is 0 Å². The maximum absolute atomic E-state index is 14.2. The standard InChI is InChI=1S/C51H68N10O13/c1-29(2)23-37(47(69)55-30(3)44(66)57-38(25-31-11-6-4-7-12-31)48(70)60-40(28-62)51(73)74)58-46(68)36(20-21-42(53)64)56-43(65)27-54-49(71)41-15-10-22-61(41)50(72)39(26-32-13-8-5-9-14-32)59-45(67)35(52)24-33-16-18-34(63)19-17-33/h4-9,11-14,16-19,29-30,35-41,62-63H,10,15,20-28,52H2,1-3H3,(H2,53,64)(H,54,71)(H,55,69)(H,56,65)(H,57,66)(H,58,68)(H,59,67)(H,60,70)(H,73,74)/t30-,35-,36-,37-,38-,39-,40-,41-/m0/s1. The van der Waals surface area contributed by atoms with Crippen LogP contribution in [0.4, 0.5) is 0 Å². The lowest BCUT2D eigenvalue weighted by molar-refractivity contribution is -0.143. The summed E-state index contributed by atoms with van der Waals surface area (Å²) in [5.74, 6) is -8.68. The predicted molar refractivity (Wildman–Crippen MR) is 268 cm³/mol. The van der Waals surface area contributed by atoms with E-state index in [4.69, 9.17) is 11.5 Å². The van der Waals surface area contributed by atoms with Crippen LogP contribution < -0.4 is 48.7 Å². The molecule has 0 aromatic heterocycles. The smallest absolute Gasteiger partial charge is 0.328 e. The maximum atomic E-state index is 14.2. The summed E-state index contributed by atoms with van der Waals surface area (Å²) < 4.78 is 0. The molecule has 23 heteroatoms.